The lowest BCUT2D eigenvalue weighted by molar-refractivity contribution is -0.137. The van der Waals surface area contributed by atoms with Crippen molar-refractivity contribution in [2.45, 2.75) is 88.9 Å². The Balaban J connectivity index is 1.49. The fraction of sp³-hybridized carbons (Fsp3) is 0.773. The maximum Gasteiger partial charge on any atom is 0.303 e. The maximum absolute atomic E-state index is 10.5. The molecule has 0 aromatic heterocycles. The highest BCUT2D eigenvalue weighted by atomic mass is 16.5. The van der Waals surface area contributed by atoms with Gasteiger partial charge < -0.3 is 14.9 Å². The average molecular weight is 363 g/mol. The van der Waals surface area contributed by atoms with Crippen molar-refractivity contribution in [2.75, 3.05) is 0 Å². The van der Waals surface area contributed by atoms with E-state index >= 15 is 0 Å². The van der Waals surface area contributed by atoms with E-state index in [1.165, 1.54) is 19.3 Å². The number of ether oxygens (including phenoxy) is 1. The van der Waals surface area contributed by atoms with Crippen molar-refractivity contribution in [1.82, 2.24) is 0 Å². The second-order valence-electron chi connectivity index (χ2n) is 8.30. The molecule has 0 radical (unpaired) electrons. The standard InChI is InChI=1S/C22H34O4/c23-19(16-8-4-3-5-9-16)13-12-18-17(20-14-15-21(18)26-20)10-6-1-2-7-11-22(24)25/h1,6,12-13,16-21,23H,2-5,7-11,14-15H2,(H,24,25)/b6-1-,13-12+/t17-,18+,19?,20-,21+/m0/s1. The minimum absolute atomic E-state index is 0.242. The van der Waals surface area contributed by atoms with Gasteiger partial charge in [0.1, 0.15) is 0 Å². The normalized spacial score (nSPS) is 33.4. The summed E-state index contributed by atoms with van der Waals surface area (Å²) in [5, 5.41) is 19.2. The first kappa shape index (κ1) is 19.6. The number of aliphatic hydroxyl groups is 1. The van der Waals surface area contributed by atoms with Crippen LogP contribution in [0.4, 0.5) is 0 Å². The third-order valence-corrected chi connectivity index (χ3v) is 6.49. The predicted octanol–water partition coefficient (Wildman–Crippen LogP) is 4.48. The summed E-state index contributed by atoms with van der Waals surface area (Å²) in [6.07, 6.45) is 20.2. The molecule has 4 heteroatoms. The maximum atomic E-state index is 10.5. The second-order valence-corrected chi connectivity index (χ2v) is 8.30. The molecule has 5 atom stereocenters. The first-order valence-corrected chi connectivity index (χ1v) is 10.5. The minimum atomic E-state index is -0.721. The molecule has 0 aromatic rings. The Labute approximate surface area is 157 Å². The van der Waals surface area contributed by atoms with E-state index in [0.29, 0.717) is 36.4 Å². The zero-order valence-electron chi connectivity index (χ0n) is 15.8. The molecule has 0 amide bonds. The van der Waals surface area contributed by atoms with Crippen LogP contribution in [0.3, 0.4) is 0 Å². The van der Waals surface area contributed by atoms with Crippen LogP contribution in [0.25, 0.3) is 0 Å². The molecular weight excluding hydrogens is 328 g/mol. The third kappa shape index (κ3) is 5.20. The molecule has 2 aliphatic heterocycles. The van der Waals surface area contributed by atoms with E-state index in [1.54, 1.807) is 0 Å². The Morgan fingerprint density at radius 2 is 1.85 bits per heavy atom. The smallest absolute Gasteiger partial charge is 0.303 e. The Kier molecular flexibility index (Phi) is 7.32. The van der Waals surface area contributed by atoms with Crippen molar-refractivity contribution in [3.05, 3.63) is 24.3 Å². The molecule has 1 unspecified atom stereocenters. The first-order chi connectivity index (χ1) is 12.6. The van der Waals surface area contributed by atoms with E-state index in [0.717, 1.165) is 38.5 Å². The van der Waals surface area contributed by atoms with Crippen molar-refractivity contribution in [3.63, 3.8) is 0 Å². The molecule has 2 bridgehead atoms. The number of aliphatic hydroxyl groups excluding tert-OH is 1. The average Bonchev–Trinajstić information content (AvgIpc) is 3.24. The zero-order chi connectivity index (χ0) is 18.4. The van der Waals surface area contributed by atoms with Gasteiger partial charge in [0, 0.05) is 12.3 Å². The van der Waals surface area contributed by atoms with Crippen LogP contribution in [0, 0.1) is 17.8 Å². The summed E-state index contributed by atoms with van der Waals surface area (Å²) in [7, 11) is 0. The molecule has 3 rings (SSSR count). The Bertz CT molecular complexity index is 506. The highest BCUT2D eigenvalue weighted by Gasteiger charge is 2.46. The molecule has 0 aromatic carbocycles. The number of carboxylic acid groups (broad SMARTS) is 1. The lowest BCUT2D eigenvalue weighted by Gasteiger charge is -2.27. The first-order valence-electron chi connectivity index (χ1n) is 10.5. The molecule has 4 nitrogen and oxygen atoms in total. The summed E-state index contributed by atoms with van der Waals surface area (Å²) in [5.41, 5.74) is 0. The number of rotatable bonds is 9. The van der Waals surface area contributed by atoms with Gasteiger partial charge in [0.15, 0.2) is 0 Å². The van der Waals surface area contributed by atoms with Gasteiger partial charge in [-0.2, -0.15) is 0 Å². The fourth-order valence-corrected chi connectivity index (χ4v) is 5.00. The third-order valence-electron chi connectivity index (χ3n) is 6.49. The number of carboxylic acids is 1. The van der Waals surface area contributed by atoms with Gasteiger partial charge in [-0.25, -0.2) is 0 Å². The molecule has 2 heterocycles. The van der Waals surface area contributed by atoms with Crippen LogP contribution in [0.15, 0.2) is 24.3 Å². The molecule has 1 aliphatic carbocycles. The monoisotopic (exact) mass is 362 g/mol. The largest absolute Gasteiger partial charge is 0.481 e. The number of hydrogen-bond acceptors (Lipinski definition) is 3. The number of unbranched alkanes of at least 4 members (excludes halogenated alkanes) is 1. The van der Waals surface area contributed by atoms with Crippen LogP contribution in [-0.2, 0) is 9.53 Å². The van der Waals surface area contributed by atoms with Crippen LogP contribution in [-0.4, -0.2) is 34.5 Å². The molecule has 2 N–H and O–H groups in total. The summed E-state index contributed by atoms with van der Waals surface area (Å²) in [5.74, 6) is 0.628. The molecular formula is C22H34O4. The topological polar surface area (TPSA) is 66.8 Å². The van der Waals surface area contributed by atoms with Crippen LogP contribution in [0.1, 0.15) is 70.6 Å². The van der Waals surface area contributed by atoms with Crippen molar-refractivity contribution < 1.29 is 19.7 Å². The second kappa shape index (κ2) is 9.70. The van der Waals surface area contributed by atoms with E-state index in [1.807, 2.05) is 6.08 Å². The van der Waals surface area contributed by atoms with Gasteiger partial charge in [-0.3, -0.25) is 4.79 Å². The quantitative estimate of drug-likeness (QED) is 0.469. The molecule has 2 saturated heterocycles. The summed E-state index contributed by atoms with van der Waals surface area (Å²) in [6.45, 7) is 0. The van der Waals surface area contributed by atoms with Gasteiger partial charge in [0.05, 0.1) is 18.3 Å². The van der Waals surface area contributed by atoms with Gasteiger partial charge >= 0.3 is 5.97 Å². The van der Waals surface area contributed by atoms with Crippen molar-refractivity contribution in [1.29, 1.82) is 0 Å². The van der Waals surface area contributed by atoms with E-state index in [2.05, 4.69) is 18.2 Å². The van der Waals surface area contributed by atoms with Crippen LogP contribution < -0.4 is 0 Å². The lowest BCUT2D eigenvalue weighted by atomic mass is 9.76. The number of fused-ring (bicyclic) bond motifs is 2. The molecule has 0 spiro atoms. The highest BCUT2D eigenvalue weighted by molar-refractivity contribution is 5.66. The van der Waals surface area contributed by atoms with Gasteiger partial charge in [-0.15, -0.1) is 0 Å². The number of allylic oxidation sites excluding steroid dienone is 2. The van der Waals surface area contributed by atoms with Crippen molar-refractivity contribution in [3.8, 4) is 0 Å². The van der Waals surface area contributed by atoms with Crippen LogP contribution in [0.5, 0.6) is 0 Å². The van der Waals surface area contributed by atoms with E-state index < -0.39 is 5.97 Å². The number of carbonyl (C=O) groups is 1. The van der Waals surface area contributed by atoms with E-state index in [9.17, 15) is 9.90 Å². The van der Waals surface area contributed by atoms with Gasteiger partial charge in [-0.05, 0) is 56.8 Å². The Hall–Kier alpha value is -1.13. The Morgan fingerprint density at radius 1 is 1.08 bits per heavy atom. The number of hydrogen-bond donors (Lipinski definition) is 2. The molecule has 1 saturated carbocycles. The Morgan fingerprint density at radius 3 is 2.62 bits per heavy atom. The van der Waals surface area contributed by atoms with Crippen LogP contribution >= 0.6 is 0 Å². The van der Waals surface area contributed by atoms with Gasteiger partial charge in [0.25, 0.3) is 0 Å². The minimum Gasteiger partial charge on any atom is -0.481 e. The van der Waals surface area contributed by atoms with E-state index in [-0.39, 0.29) is 12.5 Å². The molecule has 3 fully saturated rings. The molecule has 26 heavy (non-hydrogen) atoms. The van der Waals surface area contributed by atoms with Crippen LogP contribution in [0.2, 0.25) is 0 Å². The lowest BCUT2D eigenvalue weighted by Crippen LogP contribution is -2.26. The molecule has 3 aliphatic rings. The summed E-state index contributed by atoms with van der Waals surface area (Å²) in [6, 6.07) is 0. The SMILES string of the molecule is O=C(O)CCC/C=C\C[C@H]1[C@@H](/C=C/C(O)C2CCCCC2)[C@H]2CC[C@@H]1O2. The van der Waals surface area contributed by atoms with E-state index in [4.69, 9.17) is 9.84 Å². The fourth-order valence-electron chi connectivity index (χ4n) is 5.00. The predicted molar refractivity (Wildman–Crippen MR) is 102 cm³/mol. The highest BCUT2D eigenvalue weighted by Crippen LogP contribution is 2.46. The summed E-state index contributed by atoms with van der Waals surface area (Å²) < 4.78 is 6.14. The number of aliphatic carboxylic acids is 1. The van der Waals surface area contributed by atoms with Gasteiger partial charge in [-0.1, -0.05) is 43.6 Å². The summed E-state index contributed by atoms with van der Waals surface area (Å²) in [4.78, 5) is 10.5. The van der Waals surface area contributed by atoms with Crippen molar-refractivity contribution >= 4 is 5.97 Å². The van der Waals surface area contributed by atoms with Gasteiger partial charge in [0.2, 0.25) is 0 Å². The summed E-state index contributed by atoms with van der Waals surface area (Å²) >= 11 is 0. The zero-order valence-corrected chi connectivity index (χ0v) is 15.8. The van der Waals surface area contributed by atoms with Crippen molar-refractivity contribution in [2.24, 2.45) is 17.8 Å². The molecule has 146 valence electrons.